The second-order valence-corrected chi connectivity index (χ2v) is 4.74. The van der Waals surface area contributed by atoms with E-state index in [1.165, 1.54) is 12.1 Å². The van der Waals surface area contributed by atoms with Crippen LogP contribution in [0.2, 0.25) is 0 Å². The van der Waals surface area contributed by atoms with Gasteiger partial charge in [-0.25, -0.2) is 0 Å². The van der Waals surface area contributed by atoms with Gasteiger partial charge in [0.25, 0.3) is 0 Å². The summed E-state index contributed by atoms with van der Waals surface area (Å²) in [4.78, 5) is 0. The lowest BCUT2D eigenvalue weighted by Gasteiger charge is -2.09. The van der Waals surface area contributed by atoms with E-state index in [2.05, 4.69) is 0 Å². The van der Waals surface area contributed by atoms with Gasteiger partial charge in [0.05, 0.1) is 16.6 Å². The third-order valence-electron chi connectivity index (χ3n) is 3.43. The zero-order valence-electron chi connectivity index (χ0n) is 11.1. The summed E-state index contributed by atoms with van der Waals surface area (Å²) in [6.45, 7) is 0. The first-order valence-corrected chi connectivity index (χ1v) is 6.34. The van der Waals surface area contributed by atoms with Gasteiger partial charge in [-0.1, -0.05) is 30.3 Å². The first kappa shape index (κ1) is 14.0. The molecule has 0 unspecified atom stereocenters. The van der Waals surface area contributed by atoms with Crippen molar-refractivity contribution in [2.45, 2.75) is 6.18 Å². The average molecular weight is 302 g/mol. The number of nitrogens with zero attached hydrogens (tertiary/aromatic N) is 2. The number of aromatic nitrogens is 1. The van der Waals surface area contributed by atoms with Crippen LogP contribution in [0.15, 0.2) is 48.5 Å². The zero-order chi connectivity index (χ0) is 15.9. The number of para-hydroxylation sites is 1. The minimum atomic E-state index is -4.49. The van der Waals surface area contributed by atoms with Crippen LogP contribution in [0.3, 0.4) is 0 Å². The maximum Gasteiger partial charge on any atom is 0.416 e. The van der Waals surface area contributed by atoms with Crippen LogP contribution in [0.5, 0.6) is 0 Å². The van der Waals surface area contributed by atoms with Crippen molar-refractivity contribution in [1.29, 1.82) is 5.26 Å². The van der Waals surface area contributed by atoms with Gasteiger partial charge in [0.2, 0.25) is 0 Å². The molecule has 0 aliphatic carbocycles. The molecule has 0 spiro atoms. The molecule has 110 valence electrons. The summed E-state index contributed by atoms with van der Waals surface area (Å²) in [6, 6.07) is 13.1. The molecule has 1 aromatic heterocycles. The third kappa shape index (κ3) is 2.07. The van der Waals surface area contributed by atoms with Gasteiger partial charge in [0.15, 0.2) is 0 Å². The van der Waals surface area contributed by atoms with Crippen molar-refractivity contribution in [3.05, 3.63) is 59.7 Å². The Labute approximate surface area is 123 Å². The fourth-order valence-corrected chi connectivity index (χ4v) is 2.45. The van der Waals surface area contributed by atoms with Crippen molar-refractivity contribution in [2.24, 2.45) is 0 Å². The molecule has 0 amide bonds. The fraction of sp³-hybridized carbons (Fsp3) is 0.0625. The highest BCUT2D eigenvalue weighted by Crippen LogP contribution is 2.36. The highest BCUT2D eigenvalue weighted by molar-refractivity contribution is 5.94. The Morgan fingerprint density at radius 2 is 1.77 bits per heavy atom. The van der Waals surface area contributed by atoms with Gasteiger partial charge >= 0.3 is 6.18 Å². The van der Waals surface area contributed by atoms with Gasteiger partial charge in [-0.3, -0.25) is 0 Å². The Kier molecular flexibility index (Phi) is 3.06. The Morgan fingerprint density at radius 1 is 1.05 bits per heavy atom. The van der Waals surface area contributed by atoms with Crippen molar-refractivity contribution in [2.75, 3.05) is 0 Å². The van der Waals surface area contributed by atoms with Gasteiger partial charge < -0.3 is 5.21 Å². The van der Waals surface area contributed by atoms with E-state index < -0.39 is 11.7 Å². The van der Waals surface area contributed by atoms with Gasteiger partial charge in [-0.05, 0) is 18.2 Å². The third-order valence-corrected chi connectivity index (χ3v) is 3.43. The number of alkyl halides is 3. The van der Waals surface area contributed by atoms with Crippen LogP contribution < -0.4 is 0 Å². The standard InChI is InChI=1S/C16H9F3N2O/c17-16(18,19)11-5-3-4-10(8-11)15-13(9-20)12-6-1-2-7-14(12)21(15)22/h1-8,22H. The van der Waals surface area contributed by atoms with Crippen LogP contribution in [0.4, 0.5) is 13.2 Å². The molecule has 0 saturated heterocycles. The summed E-state index contributed by atoms with van der Waals surface area (Å²) in [6.07, 6.45) is -4.49. The summed E-state index contributed by atoms with van der Waals surface area (Å²) in [5.74, 6) is 0. The minimum absolute atomic E-state index is 0.0507. The van der Waals surface area contributed by atoms with E-state index >= 15 is 0 Å². The van der Waals surface area contributed by atoms with Crippen LogP contribution in [0.25, 0.3) is 22.2 Å². The smallest absolute Gasteiger partial charge is 0.416 e. The van der Waals surface area contributed by atoms with E-state index in [1.54, 1.807) is 24.3 Å². The normalized spacial score (nSPS) is 11.5. The van der Waals surface area contributed by atoms with Gasteiger partial charge in [-0.15, -0.1) is 0 Å². The lowest BCUT2D eigenvalue weighted by molar-refractivity contribution is -0.137. The van der Waals surface area contributed by atoms with Crippen LogP contribution in [0.1, 0.15) is 11.1 Å². The molecule has 1 heterocycles. The van der Waals surface area contributed by atoms with Crippen LogP contribution >= 0.6 is 0 Å². The van der Waals surface area contributed by atoms with Crippen molar-refractivity contribution >= 4 is 10.9 Å². The average Bonchev–Trinajstić information content (AvgIpc) is 2.79. The maximum absolute atomic E-state index is 12.8. The fourth-order valence-electron chi connectivity index (χ4n) is 2.45. The number of halogens is 3. The van der Waals surface area contributed by atoms with Crippen molar-refractivity contribution < 1.29 is 18.4 Å². The van der Waals surface area contributed by atoms with Crippen LogP contribution in [0, 0.1) is 11.3 Å². The van der Waals surface area contributed by atoms with Gasteiger partial charge in [0.1, 0.15) is 11.8 Å². The first-order valence-electron chi connectivity index (χ1n) is 6.34. The molecule has 0 atom stereocenters. The monoisotopic (exact) mass is 302 g/mol. The molecular weight excluding hydrogens is 293 g/mol. The zero-order valence-corrected chi connectivity index (χ0v) is 11.1. The SMILES string of the molecule is N#Cc1c(-c2cccc(C(F)(F)F)c2)n(O)c2ccccc12. The number of fused-ring (bicyclic) bond motifs is 1. The largest absolute Gasteiger partial charge is 0.428 e. The van der Waals surface area contributed by atoms with Crippen molar-refractivity contribution in [1.82, 2.24) is 4.73 Å². The Hall–Kier alpha value is -2.94. The summed E-state index contributed by atoms with van der Waals surface area (Å²) in [7, 11) is 0. The molecule has 6 heteroatoms. The molecule has 3 aromatic rings. The quantitative estimate of drug-likeness (QED) is 0.676. The van der Waals surface area contributed by atoms with Crippen molar-refractivity contribution in [3.63, 3.8) is 0 Å². The van der Waals surface area contributed by atoms with E-state index in [0.29, 0.717) is 10.9 Å². The highest BCUT2D eigenvalue weighted by Gasteiger charge is 2.31. The van der Waals surface area contributed by atoms with E-state index in [9.17, 15) is 23.6 Å². The van der Waals surface area contributed by atoms with Crippen molar-refractivity contribution in [3.8, 4) is 17.3 Å². The van der Waals surface area contributed by atoms with Gasteiger partial charge in [-0.2, -0.15) is 23.2 Å². The number of hydrogen-bond donors (Lipinski definition) is 1. The number of rotatable bonds is 1. The van der Waals surface area contributed by atoms with E-state index in [-0.39, 0.29) is 16.8 Å². The number of nitriles is 1. The predicted octanol–water partition coefficient (Wildman–Crippen LogP) is 4.44. The Bertz CT molecular complexity index is 904. The molecular formula is C16H9F3N2O. The molecule has 3 nitrogen and oxygen atoms in total. The lowest BCUT2D eigenvalue weighted by atomic mass is 10.0. The summed E-state index contributed by atoms with van der Waals surface area (Å²) < 4.78 is 39.3. The first-order chi connectivity index (χ1) is 10.4. The van der Waals surface area contributed by atoms with Crippen LogP contribution in [-0.2, 0) is 6.18 Å². The molecule has 0 bridgehead atoms. The highest BCUT2D eigenvalue weighted by atomic mass is 19.4. The molecule has 1 N–H and O–H groups in total. The summed E-state index contributed by atoms with van der Waals surface area (Å²) in [5.41, 5.74) is -0.150. The number of hydrogen-bond acceptors (Lipinski definition) is 2. The summed E-state index contributed by atoms with van der Waals surface area (Å²) >= 11 is 0. The second-order valence-electron chi connectivity index (χ2n) is 4.74. The second kappa shape index (κ2) is 4.81. The molecule has 0 fully saturated rings. The van der Waals surface area contributed by atoms with E-state index in [1.807, 2.05) is 6.07 Å². The molecule has 3 rings (SSSR count). The minimum Gasteiger partial charge on any atom is -0.428 e. The predicted molar refractivity (Wildman–Crippen MR) is 74.3 cm³/mol. The molecule has 2 aromatic carbocycles. The maximum atomic E-state index is 12.8. The lowest BCUT2D eigenvalue weighted by Crippen LogP contribution is -2.05. The molecule has 22 heavy (non-hydrogen) atoms. The van der Waals surface area contributed by atoms with E-state index in [4.69, 9.17) is 0 Å². The number of benzene rings is 2. The van der Waals surface area contributed by atoms with Crippen LogP contribution in [-0.4, -0.2) is 9.94 Å². The Morgan fingerprint density at radius 3 is 2.45 bits per heavy atom. The van der Waals surface area contributed by atoms with Gasteiger partial charge in [0, 0.05) is 10.9 Å². The van der Waals surface area contributed by atoms with E-state index in [0.717, 1.165) is 16.9 Å². The molecule has 0 aliphatic rings. The molecule has 0 aliphatic heterocycles. The Balaban J connectivity index is 2.32. The topological polar surface area (TPSA) is 49.0 Å². The molecule has 0 radical (unpaired) electrons. The molecule has 0 saturated carbocycles. The summed E-state index contributed by atoms with van der Waals surface area (Å²) in [5, 5.41) is 20.0.